The lowest BCUT2D eigenvalue weighted by Gasteiger charge is -2.15. The summed E-state index contributed by atoms with van der Waals surface area (Å²) in [7, 11) is 0. The molecule has 3 unspecified atom stereocenters. The first-order chi connectivity index (χ1) is 9.19. The van der Waals surface area contributed by atoms with E-state index in [2.05, 4.69) is 29.5 Å². The topological polar surface area (TPSA) is 35.5 Å². The predicted octanol–water partition coefficient (Wildman–Crippen LogP) is 4.12. The van der Waals surface area contributed by atoms with Crippen LogP contribution in [0.5, 0.6) is 0 Å². The Labute approximate surface area is 130 Å². The normalized spacial score (nSPS) is 26.6. The molecular weight excluding hydrogens is 355 g/mol. The molecule has 1 saturated carbocycles. The Bertz CT molecular complexity index is 258. The van der Waals surface area contributed by atoms with Crippen molar-refractivity contribution in [3.05, 3.63) is 0 Å². The van der Waals surface area contributed by atoms with Crippen molar-refractivity contribution in [1.82, 2.24) is 0 Å². The number of esters is 1. The summed E-state index contributed by atoms with van der Waals surface area (Å²) in [6.45, 7) is 5.40. The molecule has 0 aromatic carbocycles. The molecule has 1 rings (SSSR count). The Hall–Kier alpha value is 0.160. The molecule has 0 heterocycles. The van der Waals surface area contributed by atoms with Gasteiger partial charge in [0.25, 0.3) is 0 Å². The van der Waals surface area contributed by atoms with E-state index in [0.717, 1.165) is 25.9 Å². The molecular formula is C15H27IO3. The second kappa shape index (κ2) is 9.97. The SMILES string of the molecule is CCCCCCCOC1CC(C(=O)OCC)CC1I. The third kappa shape index (κ3) is 6.43. The molecule has 0 aromatic rings. The van der Waals surface area contributed by atoms with E-state index < -0.39 is 0 Å². The van der Waals surface area contributed by atoms with Crippen LogP contribution in [0, 0.1) is 5.92 Å². The number of halogens is 1. The van der Waals surface area contributed by atoms with Gasteiger partial charge in [0, 0.05) is 10.5 Å². The Morgan fingerprint density at radius 2 is 1.89 bits per heavy atom. The van der Waals surface area contributed by atoms with E-state index in [1.807, 2.05) is 6.92 Å². The van der Waals surface area contributed by atoms with E-state index in [1.165, 1.54) is 25.7 Å². The zero-order valence-electron chi connectivity index (χ0n) is 12.2. The molecule has 0 spiro atoms. The van der Waals surface area contributed by atoms with E-state index in [1.54, 1.807) is 0 Å². The summed E-state index contributed by atoms with van der Waals surface area (Å²) >= 11 is 2.41. The first kappa shape index (κ1) is 17.2. The first-order valence-electron chi connectivity index (χ1n) is 7.61. The molecule has 1 aliphatic rings. The minimum atomic E-state index is -0.0433. The van der Waals surface area contributed by atoms with Crippen LogP contribution in [0.4, 0.5) is 0 Å². The standard InChI is InChI=1S/C15H27IO3/c1-3-5-6-7-8-9-19-14-11-12(10-13(14)16)15(17)18-4-2/h12-14H,3-11H2,1-2H3. The van der Waals surface area contributed by atoms with Crippen molar-refractivity contribution in [1.29, 1.82) is 0 Å². The van der Waals surface area contributed by atoms with Gasteiger partial charge in [-0.2, -0.15) is 0 Å². The fraction of sp³-hybridized carbons (Fsp3) is 0.933. The maximum atomic E-state index is 11.7. The molecule has 4 heteroatoms. The van der Waals surface area contributed by atoms with Crippen molar-refractivity contribution in [3.63, 3.8) is 0 Å². The van der Waals surface area contributed by atoms with Crippen LogP contribution < -0.4 is 0 Å². The molecule has 0 N–H and O–H groups in total. The lowest BCUT2D eigenvalue weighted by Crippen LogP contribution is -2.19. The highest BCUT2D eigenvalue weighted by molar-refractivity contribution is 14.1. The van der Waals surface area contributed by atoms with E-state index >= 15 is 0 Å². The minimum Gasteiger partial charge on any atom is -0.466 e. The van der Waals surface area contributed by atoms with Gasteiger partial charge in [0.05, 0.1) is 18.6 Å². The summed E-state index contributed by atoms with van der Waals surface area (Å²) in [5.74, 6) is 0.00477. The van der Waals surface area contributed by atoms with Crippen molar-refractivity contribution in [2.24, 2.45) is 5.92 Å². The summed E-state index contributed by atoms with van der Waals surface area (Å²) in [4.78, 5) is 11.7. The van der Waals surface area contributed by atoms with Crippen molar-refractivity contribution >= 4 is 28.6 Å². The van der Waals surface area contributed by atoms with E-state index in [-0.39, 0.29) is 18.0 Å². The number of carbonyl (C=O) groups excluding carboxylic acids is 1. The van der Waals surface area contributed by atoms with E-state index in [0.29, 0.717) is 10.5 Å². The fourth-order valence-electron chi connectivity index (χ4n) is 2.51. The lowest BCUT2D eigenvalue weighted by molar-refractivity contribution is -0.148. The van der Waals surface area contributed by atoms with Crippen LogP contribution >= 0.6 is 22.6 Å². The van der Waals surface area contributed by atoms with Crippen LogP contribution in [0.2, 0.25) is 0 Å². The smallest absolute Gasteiger partial charge is 0.309 e. The van der Waals surface area contributed by atoms with Gasteiger partial charge in [0.1, 0.15) is 0 Å². The van der Waals surface area contributed by atoms with E-state index in [4.69, 9.17) is 9.47 Å². The van der Waals surface area contributed by atoms with Crippen LogP contribution in [0.3, 0.4) is 0 Å². The number of hydrogen-bond donors (Lipinski definition) is 0. The van der Waals surface area contributed by atoms with Gasteiger partial charge in [-0.1, -0.05) is 55.2 Å². The number of alkyl halides is 1. The highest BCUT2D eigenvalue weighted by Gasteiger charge is 2.37. The van der Waals surface area contributed by atoms with E-state index in [9.17, 15) is 4.79 Å². The summed E-state index contributed by atoms with van der Waals surface area (Å²) in [5, 5.41) is 0. The van der Waals surface area contributed by atoms with Crippen LogP contribution in [0.1, 0.15) is 58.8 Å². The number of rotatable bonds is 9. The molecule has 1 aliphatic carbocycles. The summed E-state index contributed by atoms with van der Waals surface area (Å²) in [6.07, 6.45) is 8.29. The predicted molar refractivity (Wildman–Crippen MR) is 85.7 cm³/mol. The zero-order chi connectivity index (χ0) is 14.1. The number of hydrogen-bond acceptors (Lipinski definition) is 3. The average molecular weight is 382 g/mol. The average Bonchev–Trinajstić information content (AvgIpc) is 2.76. The highest BCUT2D eigenvalue weighted by Crippen LogP contribution is 2.34. The van der Waals surface area contributed by atoms with Crippen molar-refractivity contribution < 1.29 is 14.3 Å². The molecule has 112 valence electrons. The maximum Gasteiger partial charge on any atom is 0.309 e. The minimum absolute atomic E-state index is 0.0433. The largest absolute Gasteiger partial charge is 0.466 e. The first-order valence-corrected chi connectivity index (χ1v) is 8.85. The van der Waals surface area contributed by atoms with Crippen molar-refractivity contribution in [2.75, 3.05) is 13.2 Å². The summed E-state index contributed by atoms with van der Waals surface area (Å²) in [6, 6.07) is 0. The molecule has 0 aliphatic heterocycles. The third-order valence-corrected chi connectivity index (χ3v) is 4.94. The van der Waals surface area contributed by atoms with Gasteiger partial charge >= 0.3 is 5.97 Å². The summed E-state index contributed by atoms with van der Waals surface area (Å²) < 4.78 is 11.5. The molecule has 0 amide bonds. The van der Waals surface area contributed by atoms with Gasteiger partial charge in [-0.15, -0.1) is 0 Å². The van der Waals surface area contributed by atoms with Crippen molar-refractivity contribution in [2.45, 2.75) is 68.8 Å². The van der Waals surface area contributed by atoms with Crippen LogP contribution in [0.15, 0.2) is 0 Å². The maximum absolute atomic E-state index is 11.7. The third-order valence-electron chi connectivity index (χ3n) is 3.63. The Kier molecular flexibility index (Phi) is 9.03. The molecule has 0 aromatic heterocycles. The van der Waals surface area contributed by atoms with Crippen LogP contribution in [-0.2, 0) is 14.3 Å². The number of ether oxygens (including phenoxy) is 2. The molecule has 3 nitrogen and oxygen atoms in total. The highest BCUT2D eigenvalue weighted by atomic mass is 127. The van der Waals surface area contributed by atoms with Gasteiger partial charge in [-0.3, -0.25) is 4.79 Å². The monoisotopic (exact) mass is 382 g/mol. The summed E-state index contributed by atoms with van der Waals surface area (Å²) in [5.41, 5.74) is 0. The molecule has 3 atom stereocenters. The van der Waals surface area contributed by atoms with Gasteiger partial charge < -0.3 is 9.47 Å². The molecule has 0 saturated heterocycles. The second-order valence-corrected chi connectivity index (χ2v) is 6.86. The fourth-order valence-corrected chi connectivity index (χ4v) is 3.63. The molecule has 1 fully saturated rings. The number of unbranched alkanes of at least 4 members (excludes halogenated alkanes) is 4. The lowest BCUT2D eigenvalue weighted by atomic mass is 10.1. The van der Waals surface area contributed by atoms with Gasteiger partial charge in [-0.25, -0.2) is 0 Å². The van der Waals surface area contributed by atoms with Gasteiger partial charge in [0.2, 0.25) is 0 Å². The quantitative estimate of drug-likeness (QED) is 0.261. The number of carbonyl (C=O) groups is 1. The Morgan fingerprint density at radius 3 is 2.58 bits per heavy atom. The Morgan fingerprint density at radius 1 is 1.16 bits per heavy atom. The Balaban J connectivity index is 2.15. The molecule has 0 radical (unpaired) electrons. The van der Waals surface area contributed by atoms with Gasteiger partial charge in [-0.05, 0) is 26.2 Å². The van der Waals surface area contributed by atoms with Gasteiger partial charge in [0.15, 0.2) is 0 Å². The molecule has 19 heavy (non-hydrogen) atoms. The van der Waals surface area contributed by atoms with Crippen LogP contribution in [-0.4, -0.2) is 29.2 Å². The molecule has 0 bridgehead atoms. The van der Waals surface area contributed by atoms with Crippen LogP contribution in [0.25, 0.3) is 0 Å². The zero-order valence-corrected chi connectivity index (χ0v) is 14.4. The van der Waals surface area contributed by atoms with Crippen molar-refractivity contribution in [3.8, 4) is 0 Å². The second-order valence-electron chi connectivity index (χ2n) is 5.26.